The highest BCUT2D eigenvalue weighted by Gasteiger charge is 2.15. The van der Waals surface area contributed by atoms with Crippen LogP contribution in [0.1, 0.15) is 21.0 Å². The zero-order chi connectivity index (χ0) is 12.4. The number of aromatic nitrogens is 3. The summed E-state index contributed by atoms with van der Waals surface area (Å²) in [6, 6.07) is 1.53. The molecule has 0 aromatic carbocycles. The number of primary amides is 1. The first-order valence-electron chi connectivity index (χ1n) is 4.44. The maximum atomic E-state index is 11.7. The van der Waals surface area contributed by atoms with Gasteiger partial charge in [-0.25, -0.2) is 0 Å². The predicted octanol–water partition coefficient (Wildman–Crippen LogP) is -0.200. The minimum atomic E-state index is -0.612. The molecule has 2 aromatic heterocycles. The van der Waals surface area contributed by atoms with Gasteiger partial charge in [-0.15, -0.1) is 16.4 Å². The van der Waals surface area contributed by atoms with E-state index in [0.717, 1.165) is 0 Å². The Morgan fingerprint density at radius 2 is 2.24 bits per heavy atom. The third-order valence-corrected chi connectivity index (χ3v) is 2.71. The average Bonchev–Trinajstić information content (AvgIpc) is 2.86. The monoisotopic (exact) mass is 252 g/mol. The van der Waals surface area contributed by atoms with Crippen molar-refractivity contribution in [2.45, 2.75) is 0 Å². The molecule has 0 atom stereocenters. The molecule has 0 spiro atoms. The first kappa shape index (κ1) is 11.1. The molecule has 88 valence electrons. The Bertz CT molecular complexity index is 574. The first-order chi connectivity index (χ1) is 8.08. The Morgan fingerprint density at radius 3 is 2.82 bits per heavy atom. The normalized spacial score (nSPS) is 10.1. The van der Waals surface area contributed by atoms with Crippen molar-refractivity contribution in [1.29, 1.82) is 0 Å². The number of amides is 2. The number of nitrogens with two attached hydrogens (primary N) is 2. The molecule has 2 rings (SSSR count). The van der Waals surface area contributed by atoms with Crippen LogP contribution >= 0.6 is 11.3 Å². The number of carbonyl (C=O) groups excluding carboxylic acids is 2. The van der Waals surface area contributed by atoms with E-state index in [1.807, 2.05) is 0 Å². The van der Waals surface area contributed by atoms with Gasteiger partial charge < -0.3 is 16.8 Å². The lowest BCUT2D eigenvalue weighted by Crippen LogP contribution is -2.17. The smallest absolute Gasteiger partial charge is 0.293 e. The van der Waals surface area contributed by atoms with Crippen LogP contribution in [0, 0.1) is 0 Å². The van der Waals surface area contributed by atoms with Crippen LogP contribution in [0.5, 0.6) is 0 Å². The molecule has 0 bridgehead atoms. The van der Waals surface area contributed by atoms with E-state index in [-0.39, 0.29) is 17.3 Å². The van der Waals surface area contributed by atoms with Crippen molar-refractivity contribution in [2.75, 3.05) is 11.1 Å². The lowest BCUT2D eigenvalue weighted by molar-refractivity contribution is 0.100. The molecule has 9 heteroatoms. The average molecular weight is 252 g/mol. The summed E-state index contributed by atoms with van der Waals surface area (Å²) < 4.78 is 0. The number of nitrogens with zero attached hydrogens (tertiary/aromatic N) is 2. The molecule has 0 aliphatic rings. The lowest BCUT2D eigenvalue weighted by Gasteiger charge is -2.01. The van der Waals surface area contributed by atoms with Crippen LogP contribution in [0.3, 0.4) is 0 Å². The Morgan fingerprint density at radius 1 is 1.47 bits per heavy atom. The fourth-order valence-electron chi connectivity index (χ4n) is 1.14. The zero-order valence-corrected chi connectivity index (χ0v) is 9.25. The summed E-state index contributed by atoms with van der Waals surface area (Å²) in [6.07, 6.45) is 0. The van der Waals surface area contributed by atoms with Gasteiger partial charge in [-0.1, -0.05) is 0 Å². The van der Waals surface area contributed by atoms with Crippen LogP contribution in [-0.2, 0) is 0 Å². The number of hydrogen-bond donors (Lipinski definition) is 4. The molecule has 8 nitrogen and oxygen atoms in total. The van der Waals surface area contributed by atoms with Crippen LogP contribution < -0.4 is 16.8 Å². The van der Waals surface area contributed by atoms with Gasteiger partial charge in [0.1, 0.15) is 5.00 Å². The molecule has 2 aromatic rings. The van der Waals surface area contributed by atoms with Crippen LogP contribution in [0.15, 0.2) is 11.4 Å². The molecule has 6 N–H and O–H groups in total. The summed E-state index contributed by atoms with van der Waals surface area (Å²) in [7, 11) is 0. The van der Waals surface area contributed by atoms with Crippen LogP contribution in [0.25, 0.3) is 0 Å². The van der Waals surface area contributed by atoms with E-state index in [9.17, 15) is 9.59 Å². The van der Waals surface area contributed by atoms with Gasteiger partial charge in [0.15, 0.2) is 0 Å². The number of hydrogen-bond acceptors (Lipinski definition) is 6. The molecule has 0 unspecified atom stereocenters. The number of aromatic amines is 1. The fourth-order valence-corrected chi connectivity index (χ4v) is 1.93. The standard InChI is InChI=1S/C8H8N6O2S/c9-4(15)3-1-2-17-7(3)12-6(16)5-11-8(10)14-13-5/h1-2H,(H2,9,15)(H,12,16)(H3,10,11,13,14). The van der Waals surface area contributed by atoms with E-state index in [1.54, 1.807) is 5.38 Å². The fraction of sp³-hybridized carbons (Fsp3) is 0. The Labute approximate surface area is 99.0 Å². The Balaban J connectivity index is 2.18. The quantitative estimate of drug-likeness (QED) is 0.598. The summed E-state index contributed by atoms with van der Waals surface area (Å²) in [6.45, 7) is 0. The number of nitrogen functional groups attached to an aromatic ring is 1. The first-order valence-corrected chi connectivity index (χ1v) is 5.32. The molecule has 0 fully saturated rings. The topological polar surface area (TPSA) is 140 Å². The summed E-state index contributed by atoms with van der Waals surface area (Å²) in [4.78, 5) is 26.3. The highest BCUT2D eigenvalue weighted by atomic mass is 32.1. The predicted molar refractivity (Wildman–Crippen MR) is 61.6 cm³/mol. The maximum Gasteiger partial charge on any atom is 0.293 e. The molecular weight excluding hydrogens is 244 g/mol. The number of H-pyrrole nitrogens is 1. The number of rotatable bonds is 3. The lowest BCUT2D eigenvalue weighted by atomic mass is 10.3. The van der Waals surface area contributed by atoms with Crippen molar-refractivity contribution in [3.8, 4) is 0 Å². The van der Waals surface area contributed by atoms with Gasteiger partial charge in [0.05, 0.1) is 5.56 Å². The summed E-state index contributed by atoms with van der Waals surface area (Å²) in [5.41, 5.74) is 10.6. The Kier molecular flexibility index (Phi) is 2.75. The zero-order valence-electron chi connectivity index (χ0n) is 8.43. The molecule has 2 heterocycles. The van der Waals surface area contributed by atoms with Crippen LogP contribution in [0.4, 0.5) is 10.9 Å². The highest BCUT2D eigenvalue weighted by molar-refractivity contribution is 7.14. The van der Waals surface area contributed by atoms with Gasteiger partial charge in [-0.3, -0.25) is 14.7 Å². The van der Waals surface area contributed by atoms with Crippen molar-refractivity contribution >= 4 is 34.1 Å². The molecular formula is C8H8N6O2S. The molecule has 0 saturated heterocycles. The number of nitrogens with one attached hydrogen (secondary N) is 2. The second-order valence-electron chi connectivity index (χ2n) is 3.02. The van der Waals surface area contributed by atoms with Gasteiger partial charge >= 0.3 is 0 Å². The van der Waals surface area contributed by atoms with Crippen molar-refractivity contribution < 1.29 is 9.59 Å². The van der Waals surface area contributed by atoms with Gasteiger partial charge in [0.2, 0.25) is 11.8 Å². The molecule has 0 aliphatic carbocycles. The van der Waals surface area contributed by atoms with E-state index in [2.05, 4.69) is 20.5 Å². The van der Waals surface area contributed by atoms with E-state index >= 15 is 0 Å². The van der Waals surface area contributed by atoms with E-state index in [1.165, 1.54) is 17.4 Å². The summed E-state index contributed by atoms with van der Waals surface area (Å²) in [5.74, 6) is -1.22. The van der Waals surface area contributed by atoms with Crippen LogP contribution in [-0.4, -0.2) is 27.0 Å². The number of carbonyl (C=O) groups is 2. The number of thiophene rings is 1. The van der Waals surface area contributed by atoms with Crippen molar-refractivity contribution in [3.63, 3.8) is 0 Å². The molecule has 0 aliphatic heterocycles. The van der Waals surface area contributed by atoms with Gasteiger partial charge in [0.25, 0.3) is 11.8 Å². The van der Waals surface area contributed by atoms with Gasteiger partial charge in [-0.2, -0.15) is 4.98 Å². The second kappa shape index (κ2) is 4.22. The molecule has 17 heavy (non-hydrogen) atoms. The maximum absolute atomic E-state index is 11.7. The third-order valence-electron chi connectivity index (χ3n) is 1.88. The number of anilines is 2. The minimum Gasteiger partial charge on any atom is -0.366 e. The van der Waals surface area contributed by atoms with E-state index in [0.29, 0.717) is 5.00 Å². The van der Waals surface area contributed by atoms with Crippen molar-refractivity contribution in [1.82, 2.24) is 15.2 Å². The largest absolute Gasteiger partial charge is 0.366 e. The third kappa shape index (κ3) is 2.23. The van der Waals surface area contributed by atoms with E-state index in [4.69, 9.17) is 11.5 Å². The Hall–Kier alpha value is -2.42. The van der Waals surface area contributed by atoms with Crippen molar-refractivity contribution in [3.05, 3.63) is 22.8 Å². The molecule has 0 saturated carbocycles. The summed E-state index contributed by atoms with van der Waals surface area (Å²) >= 11 is 1.18. The van der Waals surface area contributed by atoms with Crippen molar-refractivity contribution in [2.24, 2.45) is 5.73 Å². The van der Waals surface area contributed by atoms with Crippen LogP contribution in [0.2, 0.25) is 0 Å². The molecule has 2 amide bonds. The minimum absolute atomic E-state index is 0.0311. The summed E-state index contributed by atoms with van der Waals surface area (Å²) in [5, 5.41) is 10.4. The second-order valence-corrected chi connectivity index (χ2v) is 3.94. The van der Waals surface area contributed by atoms with Gasteiger partial charge in [-0.05, 0) is 11.4 Å². The van der Waals surface area contributed by atoms with Gasteiger partial charge in [0, 0.05) is 0 Å². The SMILES string of the molecule is NC(=O)c1ccsc1NC(=O)c1nc(N)n[nH]1. The highest BCUT2D eigenvalue weighted by Crippen LogP contribution is 2.22. The van der Waals surface area contributed by atoms with E-state index < -0.39 is 11.8 Å². The molecule has 0 radical (unpaired) electrons.